The fourth-order valence-electron chi connectivity index (χ4n) is 2.70. The third kappa shape index (κ3) is 6.56. The van der Waals surface area contributed by atoms with Gasteiger partial charge in [0.15, 0.2) is 5.96 Å². The van der Waals surface area contributed by atoms with Gasteiger partial charge < -0.3 is 10.6 Å². The molecular weight excluding hydrogens is 439 g/mol. The smallest absolute Gasteiger partial charge is 0.211 e. The van der Waals surface area contributed by atoms with Crippen molar-refractivity contribution in [1.29, 1.82) is 0 Å². The van der Waals surface area contributed by atoms with Gasteiger partial charge >= 0.3 is 0 Å². The van der Waals surface area contributed by atoms with Crippen molar-refractivity contribution in [3.8, 4) is 0 Å². The lowest BCUT2D eigenvalue weighted by atomic mass is 9.88. The summed E-state index contributed by atoms with van der Waals surface area (Å²) in [5, 5.41) is 6.57. The summed E-state index contributed by atoms with van der Waals surface area (Å²) in [7, 11) is -1.41. The Morgan fingerprint density at radius 1 is 1.25 bits per heavy atom. The number of benzene rings is 1. The molecule has 0 radical (unpaired) electrons. The largest absolute Gasteiger partial charge is 0.355 e. The second-order valence-corrected chi connectivity index (χ2v) is 7.75. The highest BCUT2D eigenvalue weighted by Gasteiger charge is 2.18. The summed E-state index contributed by atoms with van der Waals surface area (Å²) >= 11 is 0. The van der Waals surface area contributed by atoms with Crippen molar-refractivity contribution in [1.82, 2.24) is 15.4 Å². The molecule has 0 saturated carbocycles. The van der Waals surface area contributed by atoms with E-state index < -0.39 is 10.0 Å². The van der Waals surface area contributed by atoms with E-state index in [2.05, 4.69) is 44.6 Å². The Labute approximate surface area is 162 Å². The first-order valence-electron chi connectivity index (χ1n) is 8.05. The molecule has 24 heavy (non-hydrogen) atoms. The monoisotopic (exact) mass is 466 g/mol. The van der Waals surface area contributed by atoms with Crippen molar-refractivity contribution in [3.63, 3.8) is 0 Å². The summed E-state index contributed by atoms with van der Waals surface area (Å²) in [6.45, 7) is 2.48. The van der Waals surface area contributed by atoms with Gasteiger partial charge in [-0.15, -0.1) is 24.0 Å². The molecule has 0 aromatic heterocycles. The molecule has 0 bridgehead atoms. The van der Waals surface area contributed by atoms with Gasteiger partial charge in [0.1, 0.15) is 0 Å². The molecule has 1 aliphatic rings. The number of sulfonamides is 1. The van der Waals surface area contributed by atoms with Crippen LogP contribution in [0.25, 0.3) is 0 Å². The summed E-state index contributed by atoms with van der Waals surface area (Å²) in [5.74, 6) is 0.812. The molecule has 136 valence electrons. The Kier molecular flexibility index (Phi) is 8.99. The number of nitrogens with zero attached hydrogens (tertiary/aromatic N) is 1. The van der Waals surface area contributed by atoms with Gasteiger partial charge in [0.2, 0.25) is 10.0 Å². The van der Waals surface area contributed by atoms with E-state index in [1.807, 2.05) is 0 Å². The van der Waals surface area contributed by atoms with Crippen LogP contribution in [0.3, 0.4) is 0 Å². The first kappa shape index (κ1) is 21.2. The molecule has 0 amide bonds. The van der Waals surface area contributed by atoms with Gasteiger partial charge in [0.25, 0.3) is 0 Å². The minimum Gasteiger partial charge on any atom is -0.355 e. The van der Waals surface area contributed by atoms with Gasteiger partial charge in [0, 0.05) is 26.2 Å². The van der Waals surface area contributed by atoms with Crippen LogP contribution in [-0.2, 0) is 22.9 Å². The van der Waals surface area contributed by atoms with Crippen LogP contribution in [-0.4, -0.2) is 46.3 Å². The van der Waals surface area contributed by atoms with Crippen molar-refractivity contribution in [2.45, 2.75) is 32.2 Å². The Hall–Kier alpha value is -0.870. The molecular formula is C16H27IN4O2S. The third-order valence-corrected chi connectivity index (χ3v) is 5.43. The zero-order valence-corrected chi connectivity index (χ0v) is 17.4. The quantitative estimate of drug-likeness (QED) is 0.255. The highest BCUT2D eigenvalue weighted by atomic mass is 127. The molecule has 1 aliphatic carbocycles. The van der Waals surface area contributed by atoms with Gasteiger partial charge in [0.05, 0.1) is 5.75 Å². The topological polar surface area (TPSA) is 82.6 Å². The molecule has 1 aromatic carbocycles. The standard InChI is InChI=1S/C16H26N4O2S.HI/c1-3-23(21,22)19-11-10-18-16(17-2)20-15-9-8-13-6-4-5-7-14(13)12-15;/h4-7,15,19H,3,8-12H2,1-2H3,(H2,17,18,20);1H. The fourth-order valence-corrected chi connectivity index (χ4v) is 3.32. The number of nitrogens with one attached hydrogen (secondary N) is 3. The van der Waals surface area contributed by atoms with E-state index in [1.54, 1.807) is 14.0 Å². The molecule has 1 atom stereocenters. The number of fused-ring (bicyclic) bond motifs is 1. The van der Waals surface area contributed by atoms with Crippen molar-refractivity contribution >= 4 is 40.0 Å². The van der Waals surface area contributed by atoms with E-state index in [9.17, 15) is 8.42 Å². The first-order chi connectivity index (χ1) is 11.0. The summed E-state index contributed by atoms with van der Waals surface area (Å²) in [6.07, 6.45) is 3.13. The highest BCUT2D eigenvalue weighted by molar-refractivity contribution is 14.0. The van der Waals surface area contributed by atoms with E-state index in [-0.39, 0.29) is 29.7 Å². The molecule has 0 aliphatic heterocycles. The molecule has 0 fully saturated rings. The lowest BCUT2D eigenvalue weighted by Gasteiger charge is -2.27. The summed E-state index contributed by atoms with van der Waals surface area (Å²) in [5.41, 5.74) is 2.82. The number of aliphatic imine (C=N–C) groups is 1. The van der Waals surface area contributed by atoms with Gasteiger partial charge in [-0.1, -0.05) is 24.3 Å². The molecule has 1 aromatic rings. The van der Waals surface area contributed by atoms with E-state index in [0.717, 1.165) is 19.3 Å². The average molecular weight is 466 g/mol. The number of hydrogen-bond acceptors (Lipinski definition) is 3. The normalized spacial score (nSPS) is 17.6. The SMILES string of the molecule is CCS(=O)(=O)NCCNC(=NC)NC1CCc2ccccc2C1.I. The minimum atomic E-state index is -3.14. The molecule has 1 unspecified atom stereocenters. The highest BCUT2D eigenvalue weighted by Crippen LogP contribution is 2.20. The van der Waals surface area contributed by atoms with Gasteiger partial charge in [-0.2, -0.15) is 0 Å². The van der Waals surface area contributed by atoms with E-state index in [1.165, 1.54) is 11.1 Å². The number of halogens is 1. The maximum Gasteiger partial charge on any atom is 0.211 e. The number of rotatable bonds is 6. The average Bonchev–Trinajstić information content (AvgIpc) is 2.57. The molecule has 0 spiro atoms. The lowest BCUT2D eigenvalue weighted by molar-refractivity contribution is 0.520. The molecule has 0 heterocycles. The fraction of sp³-hybridized carbons (Fsp3) is 0.562. The maximum atomic E-state index is 11.4. The van der Waals surface area contributed by atoms with Crippen molar-refractivity contribution in [3.05, 3.63) is 35.4 Å². The summed E-state index contributed by atoms with van der Waals surface area (Å²) in [6, 6.07) is 8.89. The molecule has 3 N–H and O–H groups in total. The maximum absolute atomic E-state index is 11.4. The van der Waals surface area contributed by atoms with Crippen molar-refractivity contribution < 1.29 is 8.42 Å². The molecule has 0 saturated heterocycles. The van der Waals surface area contributed by atoms with Crippen LogP contribution in [0.2, 0.25) is 0 Å². The zero-order valence-electron chi connectivity index (χ0n) is 14.2. The molecule has 2 rings (SSSR count). The Balaban J connectivity index is 0.00000288. The first-order valence-corrected chi connectivity index (χ1v) is 9.70. The predicted molar refractivity (Wildman–Crippen MR) is 110 cm³/mol. The zero-order chi connectivity index (χ0) is 16.7. The van der Waals surface area contributed by atoms with Crippen LogP contribution in [0.4, 0.5) is 0 Å². The number of hydrogen-bond donors (Lipinski definition) is 3. The molecule has 6 nitrogen and oxygen atoms in total. The lowest BCUT2D eigenvalue weighted by Crippen LogP contribution is -2.47. The Morgan fingerprint density at radius 3 is 2.62 bits per heavy atom. The van der Waals surface area contributed by atoms with Gasteiger partial charge in [-0.05, 0) is 37.3 Å². The predicted octanol–water partition coefficient (Wildman–Crippen LogP) is 1.27. The third-order valence-electron chi connectivity index (χ3n) is 4.03. The second kappa shape index (κ2) is 10.2. The van der Waals surface area contributed by atoms with Gasteiger partial charge in [-0.3, -0.25) is 4.99 Å². The van der Waals surface area contributed by atoms with Crippen LogP contribution in [0.5, 0.6) is 0 Å². The number of guanidine groups is 1. The van der Waals surface area contributed by atoms with E-state index >= 15 is 0 Å². The minimum absolute atomic E-state index is 0. The molecule has 8 heteroatoms. The van der Waals surface area contributed by atoms with Crippen LogP contribution in [0.15, 0.2) is 29.3 Å². The Morgan fingerprint density at radius 2 is 1.96 bits per heavy atom. The van der Waals surface area contributed by atoms with Crippen LogP contribution in [0.1, 0.15) is 24.5 Å². The van der Waals surface area contributed by atoms with Crippen LogP contribution in [0, 0.1) is 0 Å². The van der Waals surface area contributed by atoms with Crippen molar-refractivity contribution in [2.75, 3.05) is 25.9 Å². The second-order valence-electron chi connectivity index (χ2n) is 5.65. The van der Waals surface area contributed by atoms with Crippen LogP contribution >= 0.6 is 24.0 Å². The van der Waals surface area contributed by atoms with E-state index in [0.29, 0.717) is 25.1 Å². The van der Waals surface area contributed by atoms with Crippen LogP contribution < -0.4 is 15.4 Å². The summed E-state index contributed by atoms with van der Waals surface area (Å²) < 4.78 is 25.3. The number of aryl methyl sites for hydroxylation is 1. The van der Waals surface area contributed by atoms with E-state index in [4.69, 9.17) is 0 Å². The van der Waals surface area contributed by atoms with Gasteiger partial charge in [-0.25, -0.2) is 13.1 Å². The summed E-state index contributed by atoms with van der Waals surface area (Å²) in [4.78, 5) is 4.21. The Bertz CT molecular complexity index is 649. The van der Waals surface area contributed by atoms with Crippen molar-refractivity contribution in [2.24, 2.45) is 4.99 Å².